The number of carbonyl (C=O) groups excluding carboxylic acids is 1. The van der Waals surface area contributed by atoms with Gasteiger partial charge in [0.2, 0.25) is 5.91 Å². The molecule has 0 spiro atoms. The van der Waals surface area contributed by atoms with Crippen LogP contribution in [-0.2, 0) is 20.2 Å². The monoisotopic (exact) mass is 372 g/mol. The number of amides is 1. The Morgan fingerprint density at radius 1 is 1.08 bits per heavy atom. The molecule has 1 aliphatic rings. The summed E-state index contributed by atoms with van der Waals surface area (Å²) in [5.41, 5.74) is 2.89. The smallest absolute Gasteiger partial charge is 0.261 e. The first-order chi connectivity index (χ1) is 12.1. The number of sulfonamides is 1. The highest BCUT2D eigenvalue weighted by Gasteiger charge is 2.32. The van der Waals surface area contributed by atoms with Crippen molar-refractivity contribution in [2.45, 2.75) is 50.3 Å². The van der Waals surface area contributed by atoms with Crippen LogP contribution in [0.3, 0.4) is 0 Å². The molecular weight excluding hydrogens is 348 g/mol. The summed E-state index contributed by atoms with van der Waals surface area (Å²) in [6.45, 7) is 8.09. The van der Waals surface area contributed by atoms with Gasteiger partial charge in [0.25, 0.3) is 10.0 Å². The second kappa shape index (κ2) is 6.43. The fourth-order valence-corrected chi connectivity index (χ4v) is 4.26. The molecule has 2 N–H and O–H groups in total. The summed E-state index contributed by atoms with van der Waals surface area (Å²) in [5, 5.41) is 2.84. The molecule has 0 saturated heterocycles. The third-order valence-corrected chi connectivity index (χ3v) is 6.13. The molecule has 1 amide bonds. The van der Waals surface area contributed by atoms with Crippen LogP contribution in [0.1, 0.15) is 51.2 Å². The van der Waals surface area contributed by atoms with Crippen molar-refractivity contribution in [3.8, 4) is 0 Å². The van der Waals surface area contributed by atoms with E-state index in [9.17, 15) is 13.2 Å². The van der Waals surface area contributed by atoms with Crippen LogP contribution in [-0.4, -0.2) is 14.3 Å². The lowest BCUT2D eigenvalue weighted by Crippen LogP contribution is -2.32. The highest BCUT2D eigenvalue weighted by atomic mass is 32.2. The topological polar surface area (TPSA) is 75.3 Å². The Kier molecular flexibility index (Phi) is 4.56. The summed E-state index contributed by atoms with van der Waals surface area (Å²) in [4.78, 5) is 12.0. The lowest BCUT2D eigenvalue weighted by Gasteiger charge is -2.32. The van der Waals surface area contributed by atoms with Gasteiger partial charge in [0, 0.05) is 23.2 Å². The summed E-state index contributed by atoms with van der Waals surface area (Å²) in [6, 6.07) is 12.1. The van der Waals surface area contributed by atoms with Crippen molar-refractivity contribution in [3.05, 3.63) is 53.6 Å². The molecule has 0 fully saturated rings. The first-order valence-corrected chi connectivity index (χ1v) is 10.1. The fraction of sp³-hybridized carbons (Fsp3) is 0.350. The van der Waals surface area contributed by atoms with E-state index in [1.54, 1.807) is 30.3 Å². The average Bonchev–Trinajstić information content (AvgIpc) is 2.54. The molecule has 2 aromatic rings. The second-order valence-corrected chi connectivity index (χ2v) is 9.38. The molecule has 0 aromatic heterocycles. The van der Waals surface area contributed by atoms with Gasteiger partial charge in [0.1, 0.15) is 0 Å². The van der Waals surface area contributed by atoms with Crippen molar-refractivity contribution in [2.75, 3.05) is 10.0 Å². The molecule has 0 atom stereocenters. The molecule has 26 heavy (non-hydrogen) atoms. The molecule has 2 aromatic carbocycles. The van der Waals surface area contributed by atoms with Crippen LogP contribution in [0.25, 0.3) is 0 Å². The van der Waals surface area contributed by atoms with E-state index in [2.05, 4.69) is 23.9 Å². The summed E-state index contributed by atoms with van der Waals surface area (Å²) >= 11 is 0. The van der Waals surface area contributed by atoms with Crippen molar-refractivity contribution < 1.29 is 13.2 Å². The molecule has 1 heterocycles. The predicted molar refractivity (Wildman–Crippen MR) is 104 cm³/mol. The molecule has 0 aliphatic carbocycles. The summed E-state index contributed by atoms with van der Waals surface area (Å²) in [6.07, 6.45) is 0.368. The van der Waals surface area contributed by atoms with E-state index in [1.807, 2.05) is 26.0 Å². The van der Waals surface area contributed by atoms with Crippen molar-refractivity contribution in [2.24, 2.45) is 0 Å². The van der Waals surface area contributed by atoms with Crippen LogP contribution in [0.5, 0.6) is 0 Å². The van der Waals surface area contributed by atoms with E-state index in [1.165, 1.54) is 0 Å². The van der Waals surface area contributed by atoms with Gasteiger partial charge in [-0.15, -0.1) is 0 Å². The van der Waals surface area contributed by atoms with Gasteiger partial charge in [-0.25, -0.2) is 8.42 Å². The highest BCUT2D eigenvalue weighted by molar-refractivity contribution is 7.92. The minimum atomic E-state index is -3.67. The molecule has 6 heteroatoms. The van der Waals surface area contributed by atoms with Gasteiger partial charge in [-0.1, -0.05) is 39.8 Å². The molecule has 0 saturated carbocycles. The molecule has 5 nitrogen and oxygen atoms in total. The Hall–Kier alpha value is -2.34. The zero-order chi connectivity index (χ0) is 19.1. The Morgan fingerprint density at radius 3 is 2.35 bits per heavy atom. The SMILES string of the molecule is CC(C)c1ccc(S(=O)(=O)Nc2ccc3c(c2)C(C)(C)CC(=O)N3)cc1. The standard InChI is InChI=1S/C20H24N2O3S/c1-13(2)14-5-8-16(9-6-14)26(24,25)22-15-7-10-18-17(11-15)20(3,4)12-19(23)21-18/h5-11,13,22H,12H2,1-4H3,(H,21,23). The van der Waals surface area contributed by atoms with E-state index in [4.69, 9.17) is 0 Å². The van der Waals surface area contributed by atoms with Crippen molar-refractivity contribution in [1.82, 2.24) is 0 Å². The summed E-state index contributed by atoms with van der Waals surface area (Å²) in [7, 11) is -3.67. The Bertz CT molecular complexity index is 946. The number of fused-ring (bicyclic) bond motifs is 1. The van der Waals surface area contributed by atoms with Gasteiger partial charge in [-0.3, -0.25) is 9.52 Å². The Labute approximate surface area is 154 Å². The second-order valence-electron chi connectivity index (χ2n) is 7.70. The number of benzene rings is 2. The summed E-state index contributed by atoms with van der Waals surface area (Å²) < 4.78 is 28.0. The minimum absolute atomic E-state index is 0.0268. The lowest BCUT2D eigenvalue weighted by molar-refractivity contribution is -0.117. The van der Waals surface area contributed by atoms with E-state index in [0.717, 1.165) is 16.8 Å². The molecule has 0 unspecified atom stereocenters. The van der Waals surface area contributed by atoms with Crippen LogP contribution in [0.2, 0.25) is 0 Å². The van der Waals surface area contributed by atoms with Gasteiger partial charge in [0.15, 0.2) is 0 Å². The maximum absolute atomic E-state index is 12.7. The molecule has 0 radical (unpaired) electrons. The van der Waals surface area contributed by atoms with Gasteiger partial charge < -0.3 is 5.32 Å². The van der Waals surface area contributed by atoms with Gasteiger partial charge >= 0.3 is 0 Å². The van der Waals surface area contributed by atoms with Crippen LogP contribution in [0.4, 0.5) is 11.4 Å². The molecule has 0 bridgehead atoms. The molecule has 3 rings (SSSR count). The van der Waals surface area contributed by atoms with Crippen molar-refractivity contribution in [3.63, 3.8) is 0 Å². The van der Waals surface area contributed by atoms with Crippen molar-refractivity contribution >= 4 is 27.3 Å². The van der Waals surface area contributed by atoms with E-state index >= 15 is 0 Å². The van der Waals surface area contributed by atoms with Gasteiger partial charge in [0.05, 0.1) is 4.90 Å². The number of rotatable bonds is 4. The van der Waals surface area contributed by atoms with E-state index < -0.39 is 10.0 Å². The normalized spacial score (nSPS) is 16.1. The maximum Gasteiger partial charge on any atom is 0.261 e. The number of anilines is 2. The highest BCUT2D eigenvalue weighted by Crippen LogP contribution is 2.38. The van der Waals surface area contributed by atoms with E-state index in [0.29, 0.717) is 18.0 Å². The zero-order valence-electron chi connectivity index (χ0n) is 15.5. The van der Waals surface area contributed by atoms with Crippen molar-refractivity contribution in [1.29, 1.82) is 0 Å². The number of hydrogen-bond acceptors (Lipinski definition) is 3. The first-order valence-electron chi connectivity index (χ1n) is 8.66. The minimum Gasteiger partial charge on any atom is -0.326 e. The Morgan fingerprint density at radius 2 is 1.73 bits per heavy atom. The Balaban J connectivity index is 1.90. The van der Waals surface area contributed by atoms with Crippen LogP contribution >= 0.6 is 0 Å². The maximum atomic E-state index is 12.7. The average molecular weight is 372 g/mol. The predicted octanol–water partition coefficient (Wildman–Crippen LogP) is 4.23. The molecule has 1 aliphatic heterocycles. The van der Waals surface area contributed by atoms with Crippen LogP contribution < -0.4 is 10.0 Å². The first kappa shape index (κ1) is 18.5. The van der Waals surface area contributed by atoms with E-state index in [-0.39, 0.29) is 16.2 Å². The van der Waals surface area contributed by atoms with Gasteiger partial charge in [-0.05, 0) is 47.4 Å². The quantitative estimate of drug-likeness (QED) is 0.843. The number of nitrogens with one attached hydrogen (secondary N) is 2. The third-order valence-electron chi connectivity index (χ3n) is 4.73. The van der Waals surface area contributed by atoms with Crippen LogP contribution in [0, 0.1) is 0 Å². The van der Waals surface area contributed by atoms with Gasteiger partial charge in [-0.2, -0.15) is 0 Å². The fourth-order valence-electron chi connectivity index (χ4n) is 3.21. The lowest BCUT2D eigenvalue weighted by atomic mass is 9.78. The summed E-state index contributed by atoms with van der Waals surface area (Å²) in [5.74, 6) is 0.318. The number of hydrogen-bond donors (Lipinski definition) is 2. The molecular formula is C20H24N2O3S. The zero-order valence-corrected chi connectivity index (χ0v) is 16.3. The largest absolute Gasteiger partial charge is 0.326 e. The van der Waals surface area contributed by atoms with Crippen LogP contribution in [0.15, 0.2) is 47.4 Å². The molecule has 138 valence electrons. The third kappa shape index (κ3) is 3.60. The number of carbonyl (C=O) groups is 1.